The van der Waals surface area contributed by atoms with Gasteiger partial charge in [0.2, 0.25) is 0 Å². The third-order valence-corrected chi connectivity index (χ3v) is 14.0. The van der Waals surface area contributed by atoms with Crippen molar-refractivity contribution in [2.24, 2.45) is 62.6 Å². The quantitative estimate of drug-likeness (QED) is 0.391. The first-order valence-electron chi connectivity index (χ1n) is 14.4. The van der Waals surface area contributed by atoms with Crippen LogP contribution in [0.1, 0.15) is 119 Å². The molecule has 0 saturated heterocycles. The van der Waals surface area contributed by atoms with Gasteiger partial charge in [-0.25, -0.2) is 0 Å². The molecule has 2 heteroatoms. The fourth-order valence-electron chi connectivity index (χ4n) is 12.3. The normalized spacial score (nSPS) is 53.8. The summed E-state index contributed by atoms with van der Waals surface area (Å²) in [4.78, 5) is 12.5. The van der Waals surface area contributed by atoms with Gasteiger partial charge in [0, 0.05) is 0 Å². The fourth-order valence-corrected chi connectivity index (χ4v) is 12.3. The van der Waals surface area contributed by atoms with E-state index in [4.69, 9.17) is 4.74 Å². The van der Waals surface area contributed by atoms with Gasteiger partial charge in [0.05, 0.1) is 13.0 Å². The number of fused-ring (bicyclic) bond motifs is 7. The molecule has 0 spiro atoms. The summed E-state index contributed by atoms with van der Waals surface area (Å²) < 4.78 is 5.19. The molecular formula is C31H52O2. The van der Waals surface area contributed by atoms with Crippen LogP contribution >= 0.6 is 0 Å². The Morgan fingerprint density at radius 1 is 0.727 bits per heavy atom. The number of carbonyl (C=O) groups excluding carboxylic acids is 1. The highest BCUT2D eigenvalue weighted by Crippen LogP contribution is 2.78. The maximum absolute atomic E-state index is 12.5. The highest BCUT2D eigenvalue weighted by Gasteiger charge is 2.70. The SMILES string of the molecule is COC(=O)[C@H](C)[C@H]1CC[C@]2(C)C3CCC4[C@@]5(C)CCCC(C)(C)C5CC[C@@]4(C)[C@]3(C)CC[C@@H]12. The van der Waals surface area contributed by atoms with E-state index in [-0.39, 0.29) is 11.9 Å². The van der Waals surface area contributed by atoms with Crippen molar-refractivity contribution in [1.29, 1.82) is 0 Å². The molecule has 2 nitrogen and oxygen atoms in total. The van der Waals surface area contributed by atoms with Crippen molar-refractivity contribution in [3.63, 3.8) is 0 Å². The molecule has 0 N–H and O–H groups in total. The monoisotopic (exact) mass is 456 g/mol. The summed E-state index contributed by atoms with van der Waals surface area (Å²) in [5, 5.41) is 0. The van der Waals surface area contributed by atoms with Crippen molar-refractivity contribution >= 4 is 5.97 Å². The highest BCUT2D eigenvalue weighted by atomic mass is 16.5. The van der Waals surface area contributed by atoms with Crippen molar-refractivity contribution in [3.8, 4) is 0 Å². The van der Waals surface area contributed by atoms with Gasteiger partial charge in [0.1, 0.15) is 0 Å². The van der Waals surface area contributed by atoms with Crippen LogP contribution in [0, 0.1) is 62.6 Å². The van der Waals surface area contributed by atoms with Crippen LogP contribution < -0.4 is 0 Å². The van der Waals surface area contributed by atoms with Gasteiger partial charge in [-0.3, -0.25) is 4.79 Å². The minimum absolute atomic E-state index is 0.0133. The van der Waals surface area contributed by atoms with Crippen molar-refractivity contribution < 1.29 is 9.53 Å². The molecule has 0 radical (unpaired) electrons. The second-order valence-electron chi connectivity index (χ2n) is 15.1. The van der Waals surface area contributed by atoms with Crippen molar-refractivity contribution in [3.05, 3.63) is 0 Å². The summed E-state index contributed by atoms with van der Waals surface area (Å²) >= 11 is 0. The lowest BCUT2D eigenvalue weighted by atomic mass is 9.32. The Labute approximate surface area is 204 Å². The molecule has 0 aromatic heterocycles. The first kappa shape index (κ1) is 24.2. The van der Waals surface area contributed by atoms with Gasteiger partial charge < -0.3 is 4.74 Å². The summed E-state index contributed by atoms with van der Waals surface area (Å²) in [5.41, 5.74) is 2.35. The smallest absolute Gasteiger partial charge is 0.308 e. The van der Waals surface area contributed by atoms with Crippen LogP contribution in [0.2, 0.25) is 0 Å². The minimum Gasteiger partial charge on any atom is -0.469 e. The average molecular weight is 457 g/mol. The highest BCUT2D eigenvalue weighted by molar-refractivity contribution is 5.72. The summed E-state index contributed by atoms with van der Waals surface area (Å²) in [7, 11) is 1.57. The molecule has 5 fully saturated rings. The fraction of sp³-hybridized carbons (Fsp3) is 0.968. The van der Waals surface area contributed by atoms with E-state index in [0.29, 0.717) is 38.9 Å². The van der Waals surface area contributed by atoms with Gasteiger partial charge in [0.15, 0.2) is 0 Å². The number of hydrogen-bond acceptors (Lipinski definition) is 2. The van der Waals surface area contributed by atoms with Crippen LogP contribution in [-0.2, 0) is 9.53 Å². The molecule has 10 atom stereocenters. The van der Waals surface area contributed by atoms with E-state index in [9.17, 15) is 4.79 Å². The van der Waals surface area contributed by atoms with Crippen LogP contribution in [0.15, 0.2) is 0 Å². The molecule has 5 rings (SSSR count). The first-order valence-corrected chi connectivity index (χ1v) is 14.4. The lowest BCUT2D eigenvalue weighted by molar-refractivity contribution is -0.241. The molecule has 0 bridgehead atoms. The lowest BCUT2D eigenvalue weighted by Gasteiger charge is -2.73. The summed E-state index contributed by atoms with van der Waals surface area (Å²) in [6.07, 6.45) is 15.3. The number of hydrogen-bond donors (Lipinski definition) is 0. The molecule has 0 aromatic rings. The predicted octanol–water partition coefficient (Wildman–Crippen LogP) is 8.29. The molecule has 0 amide bonds. The number of methoxy groups -OCH3 is 1. The van der Waals surface area contributed by atoms with Crippen molar-refractivity contribution in [1.82, 2.24) is 0 Å². The predicted molar refractivity (Wildman–Crippen MR) is 136 cm³/mol. The Morgan fingerprint density at radius 2 is 1.33 bits per heavy atom. The number of ether oxygens (including phenoxy) is 1. The Balaban J connectivity index is 1.48. The maximum atomic E-state index is 12.5. The molecule has 5 saturated carbocycles. The Kier molecular flexibility index (Phi) is 5.49. The van der Waals surface area contributed by atoms with Crippen LogP contribution in [0.4, 0.5) is 0 Å². The molecular weight excluding hydrogens is 404 g/mol. The Morgan fingerprint density at radius 3 is 1.97 bits per heavy atom. The standard InChI is InChI=1S/C31H52O2/c1-20(26(32)33-8)21-12-17-28(4)22(21)13-18-30(6)24(28)10-11-25-29(5)16-9-15-27(2,3)23(29)14-19-31(25,30)7/h20-25H,9-19H2,1-8H3/t20-,21-,22+,23?,24?,25?,28+,29+,30-,31-/m1/s1. The van der Waals surface area contributed by atoms with Gasteiger partial charge in [-0.1, -0.05) is 54.9 Å². The van der Waals surface area contributed by atoms with Crippen molar-refractivity contribution in [2.45, 2.75) is 119 Å². The second kappa shape index (κ2) is 7.49. The molecule has 0 aliphatic heterocycles. The lowest BCUT2D eigenvalue weighted by Crippen LogP contribution is -2.65. The number of carbonyl (C=O) groups is 1. The van der Waals surface area contributed by atoms with E-state index in [0.717, 1.165) is 17.8 Å². The Hall–Kier alpha value is -0.530. The topological polar surface area (TPSA) is 26.3 Å². The van der Waals surface area contributed by atoms with Gasteiger partial charge >= 0.3 is 5.97 Å². The largest absolute Gasteiger partial charge is 0.469 e. The van der Waals surface area contributed by atoms with E-state index < -0.39 is 0 Å². The van der Waals surface area contributed by atoms with E-state index in [1.807, 2.05) is 0 Å². The van der Waals surface area contributed by atoms with Gasteiger partial charge in [-0.15, -0.1) is 0 Å². The van der Waals surface area contributed by atoms with Crippen molar-refractivity contribution in [2.75, 3.05) is 7.11 Å². The van der Waals surface area contributed by atoms with Gasteiger partial charge in [-0.05, 0) is 121 Å². The van der Waals surface area contributed by atoms with E-state index in [1.54, 1.807) is 7.11 Å². The maximum Gasteiger partial charge on any atom is 0.308 e. The number of rotatable bonds is 2. The zero-order valence-electron chi connectivity index (χ0n) is 23.1. The zero-order chi connectivity index (χ0) is 24.0. The van der Waals surface area contributed by atoms with Crippen LogP contribution in [0.5, 0.6) is 0 Å². The van der Waals surface area contributed by atoms with E-state index >= 15 is 0 Å². The van der Waals surface area contributed by atoms with Crippen LogP contribution in [0.3, 0.4) is 0 Å². The van der Waals surface area contributed by atoms with Crippen LogP contribution in [-0.4, -0.2) is 13.1 Å². The molecule has 33 heavy (non-hydrogen) atoms. The third kappa shape index (κ3) is 3.00. The van der Waals surface area contributed by atoms with Gasteiger partial charge in [-0.2, -0.15) is 0 Å². The molecule has 5 aliphatic rings. The summed E-state index contributed by atoms with van der Waals surface area (Å²) in [5.74, 6) is 3.89. The average Bonchev–Trinajstić information content (AvgIpc) is 3.09. The van der Waals surface area contributed by atoms with E-state index in [1.165, 1.54) is 70.6 Å². The Bertz CT molecular complexity index is 801. The number of esters is 1. The summed E-state index contributed by atoms with van der Waals surface area (Å²) in [6.45, 7) is 18.2. The second-order valence-corrected chi connectivity index (χ2v) is 15.1. The third-order valence-electron chi connectivity index (χ3n) is 14.0. The van der Waals surface area contributed by atoms with Gasteiger partial charge in [0.25, 0.3) is 0 Å². The molecule has 3 unspecified atom stereocenters. The molecule has 188 valence electrons. The zero-order valence-corrected chi connectivity index (χ0v) is 23.1. The molecule has 0 heterocycles. The van der Waals surface area contributed by atoms with E-state index in [2.05, 4.69) is 48.5 Å². The molecule has 0 aromatic carbocycles. The van der Waals surface area contributed by atoms with Crippen LogP contribution in [0.25, 0.3) is 0 Å². The molecule has 5 aliphatic carbocycles. The minimum atomic E-state index is 0.0133. The summed E-state index contributed by atoms with van der Waals surface area (Å²) in [6, 6.07) is 0. The first-order chi connectivity index (χ1) is 15.3.